The predicted octanol–water partition coefficient (Wildman–Crippen LogP) is 4.27. The Morgan fingerprint density at radius 2 is 2.00 bits per heavy atom. The Morgan fingerprint density at radius 3 is 2.69 bits per heavy atom. The van der Waals surface area contributed by atoms with Gasteiger partial charge < -0.3 is 0 Å². The standard InChI is InChI=1S/C11H6BrF2NS/c12-8-2-1-5-15-11(8)16-10-4-3-7(13)6-9(10)14/h1-6H. The van der Waals surface area contributed by atoms with Gasteiger partial charge in [0.15, 0.2) is 0 Å². The SMILES string of the molecule is Fc1ccc(Sc2ncccc2Br)c(F)c1. The zero-order chi connectivity index (χ0) is 11.5. The van der Waals surface area contributed by atoms with E-state index in [1.165, 1.54) is 12.1 Å². The first-order valence-electron chi connectivity index (χ1n) is 4.40. The highest BCUT2D eigenvalue weighted by Crippen LogP contribution is 2.32. The van der Waals surface area contributed by atoms with Crippen molar-refractivity contribution in [3.8, 4) is 0 Å². The first-order valence-corrected chi connectivity index (χ1v) is 6.01. The van der Waals surface area contributed by atoms with Crippen molar-refractivity contribution in [1.82, 2.24) is 4.98 Å². The number of benzene rings is 1. The quantitative estimate of drug-likeness (QED) is 0.821. The van der Waals surface area contributed by atoms with Gasteiger partial charge in [0.25, 0.3) is 0 Å². The average molecular weight is 302 g/mol. The number of hydrogen-bond donors (Lipinski definition) is 0. The maximum absolute atomic E-state index is 13.4. The van der Waals surface area contributed by atoms with Gasteiger partial charge in [-0.15, -0.1) is 0 Å². The number of hydrogen-bond acceptors (Lipinski definition) is 2. The van der Waals surface area contributed by atoms with E-state index >= 15 is 0 Å². The highest BCUT2D eigenvalue weighted by Gasteiger charge is 2.08. The molecule has 0 unspecified atom stereocenters. The van der Waals surface area contributed by atoms with Gasteiger partial charge in [0.2, 0.25) is 0 Å². The average Bonchev–Trinajstić information content (AvgIpc) is 2.25. The molecule has 0 bridgehead atoms. The second-order valence-corrected chi connectivity index (χ2v) is 4.85. The molecule has 2 rings (SSSR count). The van der Waals surface area contributed by atoms with E-state index in [1.54, 1.807) is 12.3 Å². The summed E-state index contributed by atoms with van der Waals surface area (Å²) >= 11 is 4.46. The number of halogens is 3. The first kappa shape index (κ1) is 11.5. The van der Waals surface area contributed by atoms with Crippen molar-refractivity contribution in [2.45, 2.75) is 9.92 Å². The van der Waals surface area contributed by atoms with Gasteiger partial charge in [0.05, 0.1) is 4.47 Å². The summed E-state index contributed by atoms with van der Waals surface area (Å²) in [4.78, 5) is 4.44. The molecule has 0 radical (unpaired) electrons. The van der Waals surface area contributed by atoms with Crippen LogP contribution in [0.25, 0.3) is 0 Å². The second-order valence-electron chi connectivity index (χ2n) is 2.97. The minimum absolute atomic E-state index is 0.348. The van der Waals surface area contributed by atoms with Crippen LogP contribution in [0.3, 0.4) is 0 Å². The normalized spacial score (nSPS) is 10.4. The Hall–Kier alpha value is -0.940. The predicted molar refractivity (Wildman–Crippen MR) is 62.4 cm³/mol. The lowest BCUT2D eigenvalue weighted by Gasteiger charge is -2.03. The first-order chi connectivity index (χ1) is 7.66. The molecule has 1 nitrogen and oxygen atoms in total. The molecule has 5 heteroatoms. The lowest BCUT2D eigenvalue weighted by atomic mass is 10.3. The molecule has 0 N–H and O–H groups in total. The molecule has 0 aliphatic heterocycles. The number of pyridine rings is 1. The summed E-state index contributed by atoms with van der Waals surface area (Å²) < 4.78 is 26.8. The summed E-state index contributed by atoms with van der Waals surface area (Å²) in [7, 11) is 0. The van der Waals surface area contributed by atoms with Crippen LogP contribution >= 0.6 is 27.7 Å². The number of rotatable bonds is 2. The zero-order valence-corrected chi connectivity index (χ0v) is 10.4. The zero-order valence-electron chi connectivity index (χ0n) is 7.95. The van der Waals surface area contributed by atoms with Crippen LogP contribution in [0.5, 0.6) is 0 Å². The van der Waals surface area contributed by atoms with E-state index in [0.29, 0.717) is 9.92 Å². The van der Waals surface area contributed by atoms with Crippen LogP contribution in [-0.4, -0.2) is 4.98 Å². The lowest BCUT2D eigenvalue weighted by molar-refractivity contribution is 0.565. The smallest absolute Gasteiger partial charge is 0.140 e. The van der Waals surface area contributed by atoms with E-state index in [9.17, 15) is 8.78 Å². The number of aromatic nitrogens is 1. The minimum Gasteiger partial charge on any atom is -0.248 e. The fourth-order valence-electron chi connectivity index (χ4n) is 1.11. The molecule has 1 heterocycles. The molecule has 0 aliphatic rings. The van der Waals surface area contributed by atoms with Gasteiger partial charge in [-0.3, -0.25) is 0 Å². The van der Waals surface area contributed by atoms with Crippen LogP contribution < -0.4 is 0 Å². The van der Waals surface area contributed by atoms with Gasteiger partial charge in [0.1, 0.15) is 16.7 Å². The Morgan fingerprint density at radius 1 is 1.19 bits per heavy atom. The summed E-state index contributed by atoms with van der Waals surface area (Å²) in [6.07, 6.45) is 1.62. The van der Waals surface area contributed by atoms with Crippen LogP contribution in [-0.2, 0) is 0 Å². The van der Waals surface area contributed by atoms with E-state index in [1.807, 2.05) is 6.07 Å². The van der Waals surface area contributed by atoms with Crippen LogP contribution in [0.2, 0.25) is 0 Å². The maximum atomic E-state index is 13.4. The van der Waals surface area contributed by atoms with E-state index in [-0.39, 0.29) is 0 Å². The molecule has 0 saturated carbocycles. The minimum atomic E-state index is -0.582. The molecular formula is C11H6BrF2NS. The third-order valence-electron chi connectivity index (χ3n) is 1.83. The Labute approximate surface area is 104 Å². The van der Waals surface area contributed by atoms with Crippen molar-refractivity contribution in [2.24, 2.45) is 0 Å². The maximum Gasteiger partial charge on any atom is 0.140 e. The number of nitrogens with zero attached hydrogens (tertiary/aromatic N) is 1. The Balaban J connectivity index is 2.31. The van der Waals surface area contributed by atoms with Gasteiger partial charge in [-0.25, -0.2) is 13.8 Å². The van der Waals surface area contributed by atoms with Crippen molar-refractivity contribution in [2.75, 3.05) is 0 Å². The van der Waals surface area contributed by atoms with Crippen molar-refractivity contribution in [1.29, 1.82) is 0 Å². The third-order valence-corrected chi connectivity index (χ3v) is 3.80. The molecule has 0 atom stereocenters. The highest BCUT2D eigenvalue weighted by molar-refractivity contribution is 9.10. The van der Waals surface area contributed by atoms with Crippen LogP contribution in [0, 0.1) is 11.6 Å². The topological polar surface area (TPSA) is 12.9 Å². The summed E-state index contributed by atoms with van der Waals surface area (Å²) in [5.41, 5.74) is 0. The van der Waals surface area contributed by atoms with Crippen molar-refractivity contribution >= 4 is 27.7 Å². The van der Waals surface area contributed by atoms with Crippen LogP contribution in [0.1, 0.15) is 0 Å². The molecule has 2 aromatic rings. The van der Waals surface area contributed by atoms with Crippen molar-refractivity contribution in [3.05, 3.63) is 52.6 Å². The monoisotopic (exact) mass is 301 g/mol. The molecular weight excluding hydrogens is 296 g/mol. The Bertz CT molecular complexity index is 519. The molecule has 1 aromatic carbocycles. The summed E-state index contributed by atoms with van der Waals surface area (Å²) in [6, 6.07) is 7.07. The van der Waals surface area contributed by atoms with Gasteiger partial charge in [0, 0.05) is 17.2 Å². The summed E-state index contributed by atoms with van der Waals surface area (Å²) in [5, 5.41) is 0.646. The van der Waals surface area contributed by atoms with E-state index in [4.69, 9.17) is 0 Å². The van der Waals surface area contributed by atoms with Crippen molar-refractivity contribution < 1.29 is 8.78 Å². The highest BCUT2D eigenvalue weighted by atomic mass is 79.9. The van der Waals surface area contributed by atoms with Gasteiger partial charge in [-0.2, -0.15) is 0 Å². The van der Waals surface area contributed by atoms with Gasteiger partial charge >= 0.3 is 0 Å². The molecule has 0 fully saturated rings. The molecule has 16 heavy (non-hydrogen) atoms. The molecule has 1 aromatic heterocycles. The van der Waals surface area contributed by atoms with E-state index in [2.05, 4.69) is 20.9 Å². The third kappa shape index (κ3) is 2.59. The lowest BCUT2D eigenvalue weighted by Crippen LogP contribution is -1.86. The fourth-order valence-corrected chi connectivity index (χ4v) is 2.39. The summed E-state index contributed by atoms with van der Waals surface area (Å²) in [6.45, 7) is 0. The van der Waals surface area contributed by atoms with E-state index in [0.717, 1.165) is 22.3 Å². The van der Waals surface area contributed by atoms with Crippen LogP contribution in [0.15, 0.2) is 50.9 Å². The van der Waals surface area contributed by atoms with Crippen LogP contribution in [0.4, 0.5) is 8.78 Å². The van der Waals surface area contributed by atoms with Gasteiger partial charge in [-0.1, -0.05) is 11.8 Å². The molecule has 0 aliphatic carbocycles. The molecule has 0 saturated heterocycles. The van der Waals surface area contributed by atoms with E-state index < -0.39 is 11.6 Å². The second kappa shape index (κ2) is 4.93. The largest absolute Gasteiger partial charge is 0.248 e. The van der Waals surface area contributed by atoms with Crippen molar-refractivity contribution in [3.63, 3.8) is 0 Å². The Kier molecular flexibility index (Phi) is 3.56. The summed E-state index contributed by atoms with van der Waals surface area (Å²) in [5.74, 6) is -1.16. The molecule has 0 spiro atoms. The van der Waals surface area contributed by atoms with Gasteiger partial charge in [-0.05, 0) is 40.2 Å². The molecule has 0 amide bonds. The molecule has 82 valence electrons. The fraction of sp³-hybridized carbons (Fsp3) is 0.